The number of nitrogens with one attached hydrogen (secondary N) is 2. The van der Waals surface area contributed by atoms with E-state index in [9.17, 15) is 4.79 Å². The van der Waals surface area contributed by atoms with E-state index in [4.69, 9.17) is 16.6 Å². The Morgan fingerprint density at radius 3 is 2.47 bits per heavy atom. The van der Waals surface area contributed by atoms with E-state index in [2.05, 4.69) is 40.0 Å². The molecule has 2 amide bonds. The first kappa shape index (κ1) is 22.3. The second kappa shape index (κ2) is 9.77. The van der Waals surface area contributed by atoms with Crippen LogP contribution >= 0.6 is 11.6 Å². The minimum atomic E-state index is 0.0220. The molecule has 0 bridgehead atoms. The first-order valence-corrected chi connectivity index (χ1v) is 11.9. The molecule has 3 heterocycles. The molecule has 7 nitrogen and oxygen atoms in total. The molecule has 1 saturated heterocycles. The number of likely N-dealkylation sites (tertiary alicyclic amines) is 1. The van der Waals surface area contributed by atoms with Crippen LogP contribution in [0.2, 0.25) is 5.02 Å². The molecule has 1 aliphatic heterocycles. The number of amides is 2. The van der Waals surface area contributed by atoms with Crippen molar-refractivity contribution in [2.45, 2.75) is 25.9 Å². The summed E-state index contributed by atoms with van der Waals surface area (Å²) in [7, 11) is 2.00. The Morgan fingerprint density at radius 1 is 1.03 bits per heavy atom. The van der Waals surface area contributed by atoms with Crippen LogP contribution in [0.1, 0.15) is 24.0 Å². The van der Waals surface area contributed by atoms with Crippen molar-refractivity contribution >= 4 is 42.4 Å². The molecule has 5 rings (SSSR count). The number of carbonyl (C=O) groups is 1. The molecule has 2 aromatic carbocycles. The normalized spacial score (nSPS) is 13.4. The van der Waals surface area contributed by atoms with Crippen molar-refractivity contribution in [3.05, 3.63) is 76.9 Å². The highest BCUT2D eigenvalue weighted by Gasteiger charge is 2.17. The lowest BCUT2D eigenvalue weighted by Crippen LogP contribution is -2.37. The van der Waals surface area contributed by atoms with E-state index in [1.54, 1.807) is 0 Å². The summed E-state index contributed by atoms with van der Waals surface area (Å²) >= 11 is 6.43. The van der Waals surface area contributed by atoms with Crippen molar-refractivity contribution in [2.24, 2.45) is 0 Å². The maximum absolute atomic E-state index is 12.2. The zero-order chi connectivity index (χ0) is 23.5. The number of nitrogens with zero attached hydrogens (tertiary/aromatic N) is 4. The van der Waals surface area contributed by atoms with E-state index in [0.717, 1.165) is 65.2 Å². The van der Waals surface area contributed by atoms with Gasteiger partial charge in [0.05, 0.1) is 5.69 Å². The Hall–Kier alpha value is -3.52. The van der Waals surface area contributed by atoms with Crippen molar-refractivity contribution < 1.29 is 4.79 Å². The molecule has 1 aliphatic rings. The molecule has 2 aromatic heterocycles. The summed E-state index contributed by atoms with van der Waals surface area (Å²) in [5.41, 5.74) is 5.68. The average molecular weight is 473 g/mol. The van der Waals surface area contributed by atoms with Crippen molar-refractivity contribution in [3.8, 4) is 11.3 Å². The standard InChI is InChI=1S/C25H26BClN6O/c26-20-16-30-33-23(13-22(31-24(20)33)19-5-1-2-6-21(19)27)28-14-17-7-9-18(10-8-17)15-29-25(34)32-11-3-4-12-32/h1-2,5-10,13,16,28H,3-4,11-12,14-15,26H2,(H,29,34). The summed E-state index contributed by atoms with van der Waals surface area (Å²) in [4.78, 5) is 18.9. The Bertz CT molecular complexity index is 1320. The summed E-state index contributed by atoms with van der Waals surface area (Å²) in [5, 5.41) is 11.7. The van der Waals surface area contributed by atoms with Crippen LogP contribution in [0.3, 0.4) is 0 Å². The van der Waals surface area contributed by atoms with Crippen LogP contribution in [0, 0.1) is 0 Å². The van der Waals surface area contributed by atoms with E-state index in [0.29, 0.717) is 18.1 Å². The van der Waals surface area contributed by atoms with E-state index >= 15 is 0 Å². The summed E-state index contributed by atoms with van der Waals surface area (Å²) in [5.74, 6) is 0.843. The maximum atomic E-state index is 12.2. The molecule has 0 aliphatic carbocycles. The highest BCUT2D eigenvalue weighted by Crippen LogP contribution is 2.28. The molecular formula is C25H26BClN6O. The summed E-state index contributed by atoms with van der Waals surface area (Å²) in [6, 6.07) is 18.0. The SMILES string of the molecule is Bc1cnn2c(NCc3ccc(CNC(=O)N4CCCC4)cc3)cc(-c3ccccc3Cl)nc12. The van der Waals surface area contributed by atoms with Crippen LogP contribution in [0.4, 0.5) is 10.6 Å². The van der Waals surface area contributed by atoms with Crippen LogP contribution in [0.25, 0.3) is 16.9 Å². The van der Waals surface area contributed by atoms with E-state index in [1.165, 1.54) is 0 Å². The van der Waals surface area contributed by atoms with Gasteiger partial charge in [-0.25, -0.2) is 9.78 Å². The predicted octanol–water partition coefficient (Wildman–Crippen LogP) is 3.23. The number of benzene rings is 2. The number of aromatic nitrogens is 3. The minimum absolute atomic E-state index is 0.0220. The predicted molar refractivity (Wildman–Crippen MR) is 138 cm³/mol. The fourth-order valence-corrected chi connectivity index (χ4v) is 4.42. The number of anilines is 1. The number of urea groups is 1. The van der Waals surface area contributed by atoms with E-state index in [1.807, 2.05) is 53.8 Å². The van der Waals surface area contributed by atoms with E-state index < -0.39 is 0 Å². The molecule has 2 N–H and O–H groups in total. The molecule has 4 aromatic rings. The van der Waals surface area contributed by atoms with Gasteiger partial charge in [0.2, 0.25) is 0 Å². The van der Waals surface area contributed by atoms with Gasteiger partial charge in [0.15, 0.2) is 5.65 Å². The van der Waals surface area contributed by atoms with Gasteiger partial charge in [-0.05, 0) is 35.5 Å². The lowest BCUT2D eigenvalue weighted by Gasteiger charge is -2.16. The molecule has 0 saturated carbocycles. The number of halogens is 1. The van der Waals surface area contributed by atoms with Gasteiger partial charge in [-0.2, -0.15) is 9.61 Å². The molecular weight excluding hydrogens is 447 g/mol. The monoisotopic (exact) mass is 472 g/mol. The van der Waals surface area contributed by atoms with Crippen molar-refractivity contribution in [1.82, 2.24) is 24.8 Å². The van der Waals surface area contributed by atoms with Crippen molar-refractivity contribution in [2.75, 3.05) is 18.4 Å². The summed E-state index contributed by atoms with van der Waals surface area (Å²) in [6.45, 7) is 2.86. The molecule has 0 atom stereocenters. The van der Waals surface area contributed by atoms with Crippen molar-refractivity contribution in [3.63, 3.8) is 0 Å². The molecule has 0 radical (unpaired) electrons. The van der Waals surface area contributed by atoms with Crippen LogP contribution in [-0.4, -0.2) is 46.5 Å². The smallest absolute Gasteiger partial charge is 0.317 e. The van der Waals surface area contributed by atoms with Gasteiger partial charge in [0, 0.05) is 49.0 Å². The van der Waals surface area contributed by atoms with Crippen LogP contribution in [0.5, 0.6) is 0 Å². The van der Waals surface area contributed by atoms with Gasteiger partial charge in [-0.1, -0.05) is 54.1 Å². The minimum Gasteiger partial charge on any atom is -0.366 e. The zero-order valence-corrected chi connectivity index (χ0v) is 19.8. The fourth-order valence-electron chi connectivity index (χ4n) is 4.18. The number of hydrogen-bond acceptors (Lipinski definition) is 4. The summed E-state index contributed by atoms with van der Waals surface area (Å²) in [6.07, 6.45) is 4.00. The fraction of sp³-hybridized carbons (Fsp3) is 0.240. The lowest BCUT2D eigenvalue weighted by atomic mass is 10.0. The second-order valence-electron chi connectivity index (χ2n) is 8.59. The van der Waals surface area contributed by atoms with Crippen LogP contribution in [0.15, 0.2) is 60.8 Å². The Labute approximate surface area is 204 Å². The quantitative estimate of drug-likeness (QED) is 0.423. The van der Waals surface area contributed by atoms with Gasteiger partial charge >= 0.3 is 6.03 Å². The largest absolute Gasteiger partial charge is 0.366 e. The molecule has 0 spiro atoms. The Kier molecular flexibility index (Phi) is 6.40. The van der Waals surface area contributed by atoms with E-state index in [-0.39, 0.29) is 6.03 Å². The third-order valence-electron chi connectivity index (χ3n) is 6.13. The second-order valence-corrected chi connectivity index (χ2v) is 9.00. The average Bonchev–Trinajstić information content (AvgIpc) is 3.53. The van der Waals surface area contributed by atoms with Gasteiger partial charge in [0.1, 0.15) is 13.7 Å². The third kappa shape index (κ3) is 4.72. The first-order chi connectivity index (χ1) is 16.6. The number of rotatable bonds is 6. The van der Waals surface area contributed by atoms with Crippen molar-refractivity contribution in [1.29, 1.82) is 0 Å². The Balaban J connectivity index is 1.29. The van der Waals surface area contributed by atoms with Crippen LogP contribution in [-0.2, 0) is 13.1 Å². The zero-order valence-electron chi connectivity index (χ0n) is 19.1. The maximum Gasteiger partial charge on any atom is 0.317 e. The highest BCUT2D eigenvalue weighted by atomic mass is 35.5. The first-order valence-electron chi connectivity index (χ1n) is 11.5. The Morgan fingerprint density at radius 2 is 1.74 bits per heavy atom. The number of hydrogen-bond donors (Lipinski definition) is 2. The molecule has 1 fully saturated rings. The topological polar surface area (TPSA) is 74.6 Å². The summed E-state index contributed by atoms with van der Waals surface area (Å²) < 4.78 is 1.82. The molecule has 9 heteroatoms. The van der Waals surface area contributed by atoms with Gasteiger partial charge < -0.3 is 15.5 Å². The van der Waals surface area contributed by atoms with Gasteiger partial charge in [-0.3, -0.25) is 0 Å². The van der Waals surface area contributed by atoms with Gasteiger partial charge in [0.25, 0.3) is 0 Å². The molecule has 0 unspecified atom stereocenters. The number of carbonyl (C=O) groups excluding carboxylic acids is 1. The van der Waals surface area contributed by atoms with Gasteiger partial charge in [-0.15, -0.1) is 0 Å². The lowest BCUT2D eigenvalue weighted by molar-refractivity contribution is 0.208. The molecule has 172 valence electrons. The highest BCUT2D eigenvalue weighted by molar-refractivity contribution is 6.36. The number of fused-ring (bicyclic) bond motifs is 1. The molecule has 34 heavy (non-hydrogen) atoms. The third-order valence-corrected chi connectivity index (χ3v) is 6.46. The van der Waals surface area contributed by atoms with Crippen LogP contribution < -0.4 is 16.1 Å².